The van der Waals surface area contributed by atoms with Crippen molar-refractivity contribution in [1.29, 1.82) is 0 Å². The lowest BCUT2D eigenvalue weighted by Gasteiger charge is -2.27. The zero-order valence-electron chi connectivity index (χ0n) is 11.9. The van der Waals surface area contributed by atoms with E-state index < -0.39 is 16.0 Å². The molecular formula is C12H25NO4S. The van der Waals surface area contributed by atoms with Gasteiger partial charge in [-0.2, -0.15) is 4.31 Å². The van der Waals surface area contributed by atoms with Crippen LogP contribution in [0.3, 0.4) is 0 Å². The molecule has 0 aromatic heterocycles. The normalized spacial score (nSPS) is 13.3. The maximum absolute atomic E-state index is 12.2. The molecule has 0 radical (unpaired) electrons. The summed E-state index contributed by atoms with van der Waals surface area (Å²) in [6.45, 7) is 9.52. The van der Waals surface area contributed by atoms with Crippen LogP contribution in [0.2, 0.25) is 0 Å². The summed E-state index contributed by atoms with van der Waals surface area (Å²) in [7, 11) is -3.38. The topological polar surface area (TPSA) is 74.7 Å². The van der Waals surface area contributed by atoms with Crippen molar-refractivity contribution in [2.45, 2.75) is 53.5 Å². The van der Waals surface area contributed by atoms with Gasteiger partial charge < -0.3 is 5.11 Å². The van der Waals surface area contributed by atoms with Crippen LogP contribution in [0.1, 0.15) is 47.5 Å². The first-order valence-electron chi connectivity index (χ1n) is 6.17. The van der Waals surface area contributed by atoms with Gasteiger partial charge in [-0.25, -0.2) is 8.42 Å². The van der Waals surface area contributed by atoms with Crippen molar-refractivity contribution in [2.24, 2.45) is 5.41 Å². The van der Waals surface area contributed by atoms with Gasteiger partial charge in [0, 0.05) is 12.6 Å². The van der Waals surface area contributed by atoms with Gasteiger partial charge >= 0.3 is 5.97 Å². The molecule has 0 aromatic carbocycles. The van der Waals surface area contributed by atoms with Crippen molar-refractivity contribution in [3.8, 4) is 0 Å². The van der Waals surface area contributed by atoms with Crippen molar-refractivity contribution < 1.29 is 18.3 Å². The average Bonchev–Trinajstić information content (AvgIpc) is 2.12. The molecule has 0 aliphatic rings. The van der Waals surface area contributed by atoms with Crippen LogP contribution in [0.5, 0.6) is 0 Å². The Morgan fingerprint density at radius 2 is 1.78 bits per heavy atom. The van der Waals surface area contributed by atoms with E-state index in [2.05, 4.69) is 0 Å². The molecule has 0 fully saturated rings. The second-order valence-corrected chi connectivity index (χ2v) is 8.02. The fourth-order valence-electron chi connectivity index (χ4n) is 1.48. The number of carboxylic acids is 1. The van der Waals surface area contributed by atoms with E-state index in [9.17, 15) is 13.2 Å². The Bertz CT molecular complexity index is 368. The van der Waals surface area contributed by atoms with Crippen LogP contribution >= 0.6 is 0 Å². The minimum atomic E-state index is -3.38. The van der Waals surface area contributed by atoms with E-state index in [-0.39, 0.29) is 30.2 Å². The highest BCUT2D eigenvalue weighted by molar-refractivity contribution is 7.89. The van der Waals surface area contributed by atoms with E-state index >= 15 is 0 Å². The van der Waals surface area contributed by atoms with Crippen molar-refractivity contribution in [3.05, 3.63) is 0 Å². The number of rotatable bonds is 7. The van der Waals surface area contributed by atoms with E-state index in [1.54, 1.807) is 13.8 Å². The lowest BCUT2D eigenvalue weighted by Crippen LogP contribution is -2.40. The number of aliphatic carboxylic acids is 1. The van der Waals surface area contributed by atoms with Crippen LogP contribution in [0.4, 0.5) is 0 Å². The molecule has 0 saturated carbocycles. The van der Waals surface area contributed by atoms with Gasteiger partial charge in [-0.15, -0.1) is 0 Å². The van der Waals surface area contributed by atoms with Crippen LogP contribution in [0.15, 0.2) is 0 Å². The van der Waals surface area contributed by atoms with Crippen LogP contribution in [0, 0.1) is 5.41 Å². The number of carboxylic acid groups (broad SMARTS) is 1. The molecule has 0 heterocycles. The van der Waals surface area contributed by atoms with E-state index in [1.807, 2.05) is 20.8 Å². The smallest absolute Gasteiger partial charge is 0.304 e. The van der Waals surface area contributed by atoms with Crippen molar-refractivity contribution in [1.82, 2.24) is 4.31 Å². The molecule has 0 aliphatic carbocycles. The lowest BCUT2D eigenvalue weighted by molar-refractivity contribution is -0.137. The molecule has 5 nitrogen and oxygen atoms in total. The van der Waals surface area contributed by atoms with Gasteiger partial charge in [0.15, 0.2) is 0 Å². The molecule has 108 valence electrons. The van der Waals surface area contributed by atoms with Gasteiger partial charge in [-0.3, -0.25) is 4.79 Å². The highest BCUT2D eigenvalue weighted by Crippen LogP contribution is 2.21. The zero-order valence-corrected chi connectivity index (χ0v) is 12.7. The molecule has 0 unspecified atom stereocenters. The van der Waals surface area contributed by atoms with Gasteiger partial charge in [-0.05, 0) is 25.7 Å². The summed E-state index contributed by atoms with van der Waals surface area (Å²) in [5.74, 6) is -0.916. The second kappa shape index (κ2) is 6.52. The highest BCUT2D eigenvalue weighted by atomic mass is 32.2. The maximum atomic E-state index is 12.2. The molecule has 0 bridgehead atoms. The molecule has 0 atom stereocenters. The van der Waals surface area contributed by atoms with Crippen molar-refractivity contribution in [2.75, 3.05) is 12.3 Å². The van der Waals surface area contributed by atoms with Crippen molar-refractivity contribution >= 4 is 16.0 Å². The van der Waals surface area contributed by atoms with E-state index in [0.717, 1.165) is 0 Å². The molecule has 0 amide bonds. The first kappa shape index (κ1) is 17.4. The third kappa shape index (κ3) is 6.96. The third-order valence-corrected chi connectivity index (χ3v) is 4.63. The molecule has 0 rings (SSSR count). The molecular weight excluding hydrogens is 254 g/mol. The maximum Gasteiger partial charge on any atom is 0.304 e. The number of carbonyl (C=O) groups is 1. The SMILES string of the molecule is CC(C)N(CCC(=O)O)S(=O)(=O)CCC(C)(C)C. The summed E-state index contributed by atoms with van der Waals surface area (Å²) >= 11 is 0. The predicted molar refractivity (Wildman–Crippen MR) is 72.0 cm³/mol. The van der Waals surface area contributed by atoms with Gasteiger partial charge in [0.05, 0.1) is 12.2 Å². The van der Waals surface area contributed by atoms with Crippen LogP contribution in [-0.4, -0.2) is 42.1 Å². The number of hydrogen-bond donors (Lipinski definition) is 1. The first-order chi connectivity index (χ1) is 7.96. The summed E-state index contributed by atoms with van der Waals surface area (Å²) < 4.78 is 25.6. The Morgan fingerprint density at radius 1 is 1.28 bits per heavy atom. The highest BCUT2D eigenvalue weighted by Gasteiger charge is 2.26. The largest absolute Gasteiger partial charge is 0.481 e. The Hall–Kier alpha value is -0.620. The average molecular weight is 279 g/mol. The fourth-order valence-corrected chi connectivity index (χ4v) is 3.59. The summed E-state index contributed by atoms with van der Waals surface area (Å²) in [6.07, 6.45) is 0.401. The molecule has 0 aliphatic heterocycles. The summed E-state index contributed by atoms with van der Waals surface area (Å²) in [5.41, 5.74) is -0.0531. The zero-order chi connectivity index (χ0) is 14.6. The van der Waals surface area contributed by atoms with E-state index in [0.29, 0.717) is 6.42 Å². The Kier molecular flexibility index (Phi) is 6.29. The fraction of sp³-hybridized carbons (Fsp3) is 0.917. The monoisotopic (exact) mass is 279 g/mol. The van der Waals surface area contributed by atoms with Gasteiger partial charge in [0.2, 0.25) is 10.0 Å². The number of sulfonamides is 1. The number of nitrogens with zero attached hydrogens (tertiary/aromatic N) is 1. The van der Waals surface area contributed by atoms with Crippen molar-refractivity contribution in [3.63, 3.8) is 0 Å². The molecule has 1 N–H and O–H groups in total. The van der Waals surface area contributed by atoms with Crippen LogP contribution in [-0.2, 0) is 14.8 Å². The Labute approximate surface area is 110 Å². The van der Waals surface area contributed by atoms with Gasteiger partial charge in [0.25, 0.3) is 0 Å². The number of hydrogen-bond acceptors (Lipinski definition) is 3. The van der Waals surface area contributed by atoms with E-state index in [4.69, 9.17) is 5.11 Å². The molecule has 0 aromatic rings. The minimum absolute atomic E-state index is 0.0411. The standard InChI is InChI=1S/C12H25NO4S/c1-10(2)13(8-6-11(14)15)18(16,17)9-7-12(3,4)5/h10H,6-9H2,1-5H3,(H,14,15). The molecule has 0 saturated heterocycles. The first-order valence-corrected chi connectivity index (χ1v) is 7.78. The summed E-state index contributed by atoms with van der Waals surface area (Å²) in [5, 5.41) is 8.65. The van der Waals surface area contributed by atoms with Crippen LogP contribution < -0.4 is 0 Å². The Balaban J connectivity index is 4.72. The summed E-state index contributed by atoms with van der Waals surface area (Å²) in [6, 6.07) is -0.214. The minimum Gasteiger partial charge on any atom is -0.481 e. The summed E-state index contributed by atoms with van der Waals surface area (Å²) in [4.78, 5) is 10.5. The second-order valence-electron chi connectivity index (χ2n) is 5.97. The molecule has 0 spiro atoms. The molecule has 6 heteroatoms. The van der Waals surface area contributed by atoms with Gasteiger partial charge in [-0.1, -0.05) is 20.8 Å². The van der Waals surface area contributed by atoms with Crippen LogP contribution in [0.25, 0.3) is 0 Å². The van der Waals surface area contributed by atoms with E-state index in [1.165, 1.54) is 4.31 Å². The molecule has 18 heavy (non-hydrogen) atoms. The predicted octanol–water partition coefficient (Wildman–Crippen LogP) is 1.94. The quantitative estimate of drug-likeness (QED) is 0.772. The van der Waals surface area contributed by atoms with Gasteiger partial charge in [0.1, 0.15) is 0 Å². The third-order valence-electron chi connectivity index (χ3n) is 2.59. The lowest BCUT2D eigenvalue weighted by atomic mass is 9.94. The Morgan fingerprint density at radius 3 is 2.11 bits per heavy atom.